The molecule has 1 fully saturated rings. The topological polar surface area (TPSA) is 24.9 Å². The molecule has 0 spiro atoms. The van der Waals surface area contributed by atoms with Gasteiger partial charge >= 0.3 is 0 Å². The number of hydrogen-bond donors (Lipinski definition) is 1. The van der Waals surface area contributed by atoms with Crippen molar-refractivity contribution in [3.8, 4) is 0 Å². The van der Waals surface area contributed by atoms with E-state index in [0.29, 0.717) is 4.75 Å². The largest absolute Gasteiger partial charge is 0.360 e. The zero-order valence-corrected chi connectivity index (χ0v) is 11.8. The Morgan fingerprint density at radius 3 is 3.17 bits per heavy atom. The van der Waals surface area contributed by atoms with Crippen LogP contribution in [-0.4, -0.2) is 22.0 Å². The van der Waals surface area contributed by atoms with Crippen LogP contribution in [0.25, 0.3) is 10.2 Å². The molecule has 1 unspecified atom stereocenters. The molecule has 3 rings (SSSR count). The first-order valence-corrected chi connectivity index (χ1v) is 7.89. The molecule has 1 aromatic heterocycles. The highest BCUT2D eigenvalue weighted by atomic mass is 32.2. The van der Waals surface area contributed by atoms with E-state index in [1.165, 1.54) is 36.0 Å². The minimum Gasteiger partial charge on any atom is -0.360 e. The summed E-state index contributed by atoms with van der Waals surface area (Å²) >= 11 is 3.55. The molecule has 0 amide bonds. The number of anilines is 1. The van der Waals surface area contributed by atoms with Crippen LogP contribution in [-0.2, 0) is 0 Å². The lowest BCUT2D eigenvalue weighted by Gasteiger charge is -2.22. The predicted octanol–water partition coefficient (Wildman–Crippen LogP) is 4.13. The van der Waals surface area contributed by atoms with Crippen LogP contribution in [0.5, 0.6) is 0 Å². The van der Waals surface area contributed by atoms with E-state index in [0.717, 1.165) is 21.9 Å². The number of thioether (sulfide) groups is 1. The molecule has 0 bridgehead atoms. The van der Waals surface area contributed by atoms with Gasteiger partial charge in [-0.25, -0.2) is 9.37 Å². The molecular weight excluding hydrogens is 267 g/mol. The third-order valence-electron chi connectivity index (χ3n) is 3.26. The molecule has 1 saturated heterocycles. The molecule has 0 radical (unpaired) electrons. The molecule has 1 N–H and O–H groups in total. The maximum Gasteiger partial charge on any atom is 0.183 e. The molecule has 96 valence electrons. The maximum atomic E-state index is 13.1. The average molecular weight is 282 g/mol. The summed E-state index contributed by atoms with van der Waals surface area (Å²) in [5.74, 6) is 1.06. The standard InChI is InChI=1S/C13H15FN2S2/c1-13(5-2-6-17-13)8-15-12-16-10-4-3-9(14)7-11(10)18-12/h3-4,7H,2,5-6,8H2,1H3,(H,15,16). The first-order chi connectivity index (χ1) is 8.65. The number of fused-ring (bicyclic) bond motifs is 1. The lowest BCUT2D eigenvalue weighted by atomic mass is 10.1. The summed E-state index contributed by atoms with van der Waals surface area (Å²) in [6, 6.07) is 4.74. The summed E-state index contributed by atoms with van der Waals surface area (Å²) in [4.78, 5) is 4.48. The average Bonchev–Trinajstić information content (AvgIpc) is 2.93. The van der Waals surface area contributed by atoms with E-state index in [2.05, 4.69) is 17.2 Å². The van der Waals surface area contributed by atoms with Crippen molar-refractivity contribution >= 4 is 38.4 Å². The molecule has 2 heterocycles. The van der Waals surface area contributed by atoms with E-state index < -0.39 is 0 Å². The highest BCUT2D eigenvalue weighted by Crippen LogP contribution is 2.38. The van der Waals surface area contributed by atoms with Gasteiger partial charge in [0, 0.05) is 11.3 Å². The van der Waals surface area contributed by atoms with Crippen molar-refractivity contribution in [2.75, 3.05) is 17.6 Å². The van der Waals surface area contributed by atoms with Crippen molar-refractivity contribution in [3.05, 3.63) is 24.0 Å². The molecule has 2 aromatic rings. The van der Waals surface area contributed by atoms with Crippen LogP contribution in [0.1, 0.15) is 19.8 Å². The molecule has 2 nitrogen and oxygen atoms in total. The Bertz CT molecular complexity index is 561. The lowest BCUT2D eigenvalue weighted by Crippen LogP contribution is -2.26. The van der Waals surface area contributed by atoms with Crippen LogP contribution in [0.3, 0.4) is 0 Å². The van der Waals surface area contributed by atoms with E-state index in [1.807, 2.05) is 11.8 Å². The monoisotopic (exact) mass is 282 g/mol. The highest BCUT2D eigenvalue weighted by molar-refractivity contribution is 8.00. The maximum absolute atomic E-state index is 13.1. The summed E-state index contributed by atoms with van der Waals surface area (Å²) in [5, 5.41) is 4.29. The van der Waals surface area contributed by atoms with Crippen molar-refractivity contribution in [2.45, 2.75) is 24.5 Å². The van der Waals surface area contributed by atoms with Gasteiger partial charge in [-0.1, -0.05) is 11.3 Å². The molecule has 5 heteroatoms. The summed E-state index contributed by atoms with van der Waals surface area (Å²) in [6.07, 6.45) is 2.55. The second-order valence-corrected chi connectivity index (χ2v) is 7.60. The van der Waals surface area contributed by atoms with Gasteiger partial charge in [0.25, 0.3) is 0 Å². The highest BCUT2D eigenvalue weighted by Gasteiger charge is 2.29. The van der Waals surface area contributed by atoms with E-state index in [4.69, 9.17) is 0 Å². The fourth-order valence-electron chi connectivity index (χ4n) is 2.21. The van der Waals surface area contributed by atoms with Gasteiger partial charge in [0.2, 0.25) is 0 Å². The van der Waals surface area contributed by atoms with Gasteiger partial charge in [-0.05, 0) is 43.7 Å². The summed E-state index contributed by atoms with van der Waals surface area (Å²) in [6.45, 7) is 3.23. The summed E-state index contributed by atoms with van der Waals surface area (Å²) in [5.41, 5.74) is 0.869. The van der Waals surface area contributed by atoms with Gasteiger partial charge < -0.3 is 5.32 Å². The quantitative estimate of drug-likeness (QED) is 0.916. The second-order valence-electron chi connectivity index (χ2n) is 4.89. The minimum absolute atomic E-state index is 0.198. The normalized spacial score (nSPS) is 23.7. The predicted molar refractivity (Wildman–Crippen MR) is 78.2 cm³/mol. The third kappa shape index (κ3) is 2.47. The first kappa shape index (κ1) is 12.2. The number of benzene rings is 1. The first-order valence-electron chi connectivity index (χ1n) is 6.09. The number of nitrogens with one attached hydrogen (secondary N) is 1. The second kappa shape index (κ2) is 4.70. The van der Waals surface area contributed by atoms with Gasteiger partial charge in [0.1, 0.15) is 5.82 Å². The van der Waals surface area contributed by atoms with E-state index in [-0.39, 0.29) is 5.82 Å². The van der Waals surface area contributed by atoms with Crippen LogP contribution in [0.4, 0.5) is 9.52 Å². The van der Waals surface area contributed by atoms with Crippen molar-refractivity contribution in [1.29, 1.82) is 0 Å². The number of rotatable bonds is 3. The number of halogens is 1. The Hall–Kier alpha value is -0.810. The van der Waals surface area contributed by atoms with Gasteiger partial charge in [-0.3, -0.25) is 0 Å². The number of nitrogens with zero attached hydrogens (tertiary/aromatic N) is 1. The fraction of sp³-hybridized carbons (Fsp3) is 0.462. The van der Waals surface area contributed by atoms with Crippen molar-refractivity contribution in [3.63, 3.8) is 0 Å². The van der Waals surface area contributed by atoms with Gasteiger partial charge in [-0.2, -0.15) is 11.8 Å². The van der Waals surface area contributed by atoms with Crippen molar-refractivity contribution < 1.29 is 4.39 Å². The van der Waals surface area contributed by atoms with Gasteiger partial charge in [0.05, 0.1) is 10.2 Å². The molecule has 0 aliphatic carbocycles. The Morgan fingerprint density at radius 2 is 2.39 bits per heavy atom. The molecule has 1 aliphatic rings. The SMILES string of the molecule is CC1(CNc2nc3ccc(F)cc3s2)CCCS1. The number of aromatic nitrogens is 1. The minimum atomic E-state index is -0.198. The molecule has 1 aliphatic heterocycles. The molecule has 1 aromatic carbocycles. The van der Waals surface area contributed by atoms with E-state index in [9.17, 15) is 4.39 Å². The third-order valence-corrected chi connectivity index (χ3v) is 5.78. The number of thiazole rings is 1. The van der Waals surface area contributed by atoms with Crippen LogP contribution < -0.4 is 5.32 Å². The molecule has 0 saturated carbocycles. The lowest BCUT2D eigenvalue weighted by molar-refractivity contribution is 0.630. The molecule has 18 heavy (non-hydrogen) atoms. The fourth-order valence-corrected chi connectivity index (χ4v) is 4.34. The van der Waals surface area contributed by atoms with E-state index >= 15 is 0 Å². The van der Waals surface area contributed by atoms with Crippen LogP contribution in [0, 0.1) is 5.82 Å². The summed E-state index contributed by atoms with van der Waals surface area (Å²) in [7, 11) is 0. The van der Waals surface area contributed by atoms with Crippen LogP contribution >= 0.6 is 23.1 Å². The van der Waals surface area contributed by atoms with Crippen molar-refractivity contribution in [1.82, 2.24) is 4.98 Å². The zero-order chi connectivity index (χ0) is 12.6. The van der Waals surface area contributed by atoms with Gasteiger partial charge in [0.15, 0.2) is 5.13 Å². The van der Waals surface area contributed by atoms with Crippen LogP contribution in [0.2, 0.25) is 0 Å². The number of hydrogen-bond acceptors (Lipinski definition) is 4. The molecule has 1 atom stereocenters. The van der Waals surface area contributed by atoms with Gasteiger partial charge in [-0.15, -0.1) is 0 Å². The Labute approximate surface area is 114 Å². The molecular formula is C13H15FN2S2. The van der Waals surface area contributed by atoms with Crippen LogP contribution in [0.15, 0.2) is 18.2 Å². The summed E-state index contributed by atoms with van der Waals surface area (Å²) < 4.78 is 14.3. The van der Waals surface area contributed by atoms with Crippen molar-refractivity contribution in [2.24, 2.45) is 0 Å². The Kier molecular flexibility index (Phi) is 3.20. The smallest absolute Gasteiger partial charge is 0.183 e. The Morgan fingerprint density at radius 1 is 1.50 bits per heavy atom. The Balaban J connectivity index is 1.74. The zero-order valence-electron chi connectivity index (χ0n) is 10.2. The van der Waals surface area contributed by atoms with E-state index in [1.54, 1.807) is 12.1 Å².